The van der Waals surface area contributed by atoms with Crippen LogP contribution in [0.3, 0.4) is 0 Å². The fourth-order valence-corrected chi connectivity index (χ4v) is 2.60. The Bertz CT molecular complexity index is 398. The van der Waals surface area contributed by atoms with Gasteiger partial charge in [-0.25, -0.2) is 0 Å². The number of nitrogens with one attached hydrogen (secondary N) is 2. The molecule has 0 bridgehead atoms. The number of amides is 3. The van der Waals surface area contributed by atoms with E-state index >= 15 is 0 Å². The first-order valence-electron chi connectivity index (χ1n) is 6.47. The van der Waals surface area contributed by atoms with Crippen molar-refractivity contribution in [2.45, 2.75) is 25.4 Å². The number of nitrogens with zero attached hydrogens (tertiary/aromatic N) is 1. The van der Waals surface area contributed by atoms with Gasteiger partial charge in [0.1, 0.15) is 12.6 Å². The van der Waals surface area contributed by atoms with E-state index in [2.05, 4.69) is 10.6 Å². The molecule has 3 unspecified atom stereocenters. The number of ether oxygens (including phenoxy) is 1. The van der Waals surface area contributed by atoms with Crippen molar-refractivity contribution in [3.63, 3.8) is 0 Å². The highest BCUT2D eigenvalue weighted by Crippen LogP contribution is 2.20. The summed E-state index contributed by atoms with van der Waals surface area (Å²) in [6.45, 7) is 2.56. The summed E-state index contributed by atoms with van der Waals surface area (Å²) in [5.41, 5.74) is 0. The van der Waals surface area contributed by atoms with Gasteiger partial charge in [0.05, 0.1) is 19.1 Å². The lowest BCUT2D eigenvalue weighted by Gasteiger charge is -2.35. The normalized spacial score (nSPS) is 31.5. The molecule has 0 spiro atoms. The monoisotopic (exact) mass is 269 g/mol. The van der Waals surface area contributed by atoms with Crippen LogP contribution in [-0.2, 0) is 19.1 Å². The highest BCUT2D eigenvalue weighted by atomic mass is 16.5. The van der Waals surface area contributed by atoms with Crippen molar-refractivity contribution in [2.75, 3.05) is 26.8 Å². The third-order valence-corrected chi connectivity index (χ3v) is 3.69. The summed E-state index contributed by atoms with van der Waals surface area (Å²) >= 11 is 0. The van der Waals surface area contributed by atoms with Crippen LogP contribution < -0.4 is 10.6 Å². The van der Waals surface area contributed by atoms with Crippen LogP contribution in [0.4, 0.5) is 0 Å². The van der Waals surface area contributed by atoms with Crippen LogP contribution >= 0.6 is 0 Å². The highest BCUT2D eigenvalue weighted by Gasteiger charge is 2.42. The maximum atomic E-state index is 12.5. The van der Waals surface area contributed by atoms with Gasteiger partial charge in [-0.05, 0) is 13.5 Å². The molecule has 0 radical (unpaired) electrons. The molecule has 2 N–H and O–H groups in total. The van der Waals surface area contributed by atoms with Crippen molar-refractivity contribution in [2.24, 2.45) is 5.92 Å². The molecule has 19 heavy (non-hydrogen) atoms. The molecule has 7 nitrogen and oxygen atoms in total. The lowest BCUT2D eigenvalue weighted by molar-refractivity contribution is -0.152. The Morgan fingerprint density at radius 1 is 1.47 bits per heavy atom. The largest absolute Gasteiger partial charge is 0.379 e. The summed E-state index contributed by atoms with van der Waals surface area (Å²) in [7, 11) is 1.77. The molecule has 2 fully saturated rings. The molecule has 0 aromatic rings. The fourth-order valence-electron chi connectivity index (χ4n) is 2.60. The van der Waals surface area contributed by atoms with Crippen LogP contribution in [0.15, 0.2) is 0 Å². The van der Waals surface area contributed by atoms with E-state index in [9.17, 15) is 14.4 Å². The Hall–Kier alpha value is -1.47. The van der Waals surface area contributed by atoms with Crippen molar-refractivity contribution >= 4 is 17.7 Å². The molecule has 106 valence electrons. The zero-order valence-electron chi connectivity index (χ0n) is 11.1. The van der Waals surface area contributed by atoms with Gasteiger partial charge in [-0.15, -0.1) is 0 Å². The van der Waals surface area contributed by atoms with Crippen molar-refractivity contribution in [3.05, 3.63) is 0 Å². The molecule has 2 aliphatic rings. The lowest BCUT2D eigenvalue weighted by atomic mass is 9.99. The van der Waals surface area contributed by atoms with Crippen LogP contribution in [0.2, 0.25) is 0 Å². The van der Waals surface area contributed by atoms with Crippen LogP contribution in [0.1, 0.15) is 13.3 Å². The topological polar surface area (TPSA) is 87.7 Å². The number of hydrogen-bond acceptors (Lipinski definition) is 5. The molecule has 2 saturated heterocycles. The van der Waals surface area contributed by atoms with E-state index in [0.717, 1.165) is 0 Å². The SMILES string of the molecule is CCC1C(=O)NC(=O)CN1C(=O)C1COCC1NC. The summed E-state index contributed by atoms with van der Waals surface area (Å²) in [5.74, 6) is -1.35. The molecular formula is C12H19N3O4. The maximum Gasteiger partial charge on any atom is 0.249 e. The molecular weight excluding hydrogens is 250 g/mol. The number of carbonyl (C=O) groups excluding carboxylic acids is 3. The van der Waals surface area contributed by atoms with Gasteiger partial charge in [-0.3, -0.25) is 19.7 Å². The Kier molecular flexibility index (Phi) is 4.16. The minimum atomic E-state index is -0.566. The maximum absolute atomic E-state index is 12.5. The van der Waals surface area contributed by atoms with Crippen molar-refractivity contribution in [3.8, 4) is 0 Å². The van der Waals surface area contributed by atoms with Gasteiger partial charge in [0.25, 0.3) is 0 Å². The van der Waals surface area contributed by atoms with Gasteiger partial charge in [-0.2, -0.15) is 0 Å². The zero-order chi connectivity index (χ0) is 14.0. The first kappa shape index (κ1) is 14.0. The third-order valence-electron chi connectivity index (χ3n) is 3.69. The zero-order valence-corrected chi connectivity index (χ0v) is 11.1. The number of hydrogen-bond donors (Lipinski definition) is 2. The van der Waals surface area contributed by atoms with E-state index in [4.69, 9.17) is 4.74 Å². The number of carbonyl (C=O) groups is 3. The summed E-state index contributed by atoms with van der Waals surface area (Å²) < 4.78 is 5.30. The van der Waals surface area contributed by atoms with Gasteiger partial charge in [0.15, 0.2) is 0 Å². The Balaban J connectivity index is 2.15. The third kappa shape index (κ3) is 2.62. The molecule has 0 saturated carbocycles. The molecule has 2 aliphatic heterocycles. The molecule has 2 heterocycles. The average Bonchev–Trinajstić information content (AvgIpc) is 2.85. The smallest absolute Gasteiger partial charge is 0.249 e. The summed E-state index contributed by atoms with van der Waals surface area (Å²) in [5, 5.41) is 5.29. The predicted octanol–water partition coefficient (Wildman–Crippen LogP) is -1.52. The van der Waals surface area contributed by atoms with E-state index in [1.54, 1.807) is 7.05 Å². The number of likely N-dealkylation sites (N-methyl/N-ethyl adjacent to an activating group) is 1. The van der Waals surface area contributed by atoms with Gasteiger partial charge in [0.2, 0.25) is 17.7 Å². The summed E-state index contributed by atoms with van der Waals surface area (Å²) in [6.07, 6.45) is 0.489. The van der Waals surface area contributed by atoms with E-state index in [1.807, 2.05) is 6.92 Å². The Morgan fingerprint density at radius 2 is 2.21 bits per heavy atom. The van der Waals surface area contributed by atoms with Gasteiger partial charge in [-0.1, -0.05) is 6.92 Å². The first-order chi connectivity index (χ1) is 9.08. The standard InChI is InChI=1S/C12H19N3O4/c1-3-9-11(17)14-10(16)4-15(9)12(18)7-5-19-6-8(7)13-2/h7-9,13H,3-6H2,1-2H3,(H,14,16,17). The minimum absolute atomic E-state index is 0.0595. The predicted molar refractivity (Wildman–Crippen MR) is 66.1 cm³/mol. The Morgan fingerprint density at radius 3 is 2.84 bits per heavy atom. The first-order valence-corrected chi connectivity index (χ1v) is 6.47. The number of rotatable bonds is 3. The van der Waals surface area contributed by atoms with Crippen molar-refractivity contribution in [1.82, 2.24) is 15.5 Å². The second-order valence-electron chi connectivity index (χ2n) is 4.84. The fraction of sp³-hybridized carbons (Fsp3) is 0.750. The quantitative estimate of drug-likeness (QED) is 0.608. The molecule has 0 aromatic heterocycles. The second-order valence-corrected chi connectivity index (χ2v) is 4.84. The van der Waals surface area contributed by atoms with Crippen LogP contribution in [0.25, 0.3) is 0 Å². The summed E-state index contributed by atoms with van der Waals surface area (Å²) in [4.78, 5) is 37.1. The summed E-state index contributed by atoms with van der Waals surface area (Å²) in [6, 6.07) is -0.631. The second kappa shape index (κ2) is 5.66. The van der Waals surface area contributed by atoms with E-state index in [1.165, 1.54) is 4.90 Å². The highest BCUT2D eigenvalue weighted by molar-refractivity contribution is 6.04. The van der Waals surface area contributed by atoms with E-state index < -0.39 is 17.9 Å². The van der Waals surface area contributed by atoms with Gasteiger partial charge in [0, 0.05) is 6.04 Å². The number of piperazine rings is 1. The molecule has 7 heteroatoms. The molecule has 3 amide bonds. The lowest BCUT2D eigenvalue weighted by Crippen LogP contribution is -2.61. The molecule has 0 aliphatic carbocycles. The van der Waals surface area contributed by atoms with Crippen molar-refractivity contribution < 1.29 is 19.1 Å². The Labute approximate surface area is 111 Å². The molecule has 0 aromatic carbocycles. The van der Waals surface area contributed by atoms with Crippen molar-refractivity contribution in [1.29, 1.82) is 0 Å². The van der Waals surface area contributed by atoms with Crippen LogP contribution in [0.5, 0.6) is 0 Å². The van der Waals surface area contributed by atoms with E-state index in [0.29, 0.717) is 19.6 Å². The van der Waals surface area contributed by atoms with E-state index in [-0.39, 0.29) is 24.4 Å². The average molecular weight is 269 g/mol. The number of imide groups is 1. The van der Waals surface area contributed by atoms with Gasteiger partial charge >= 0.3 is 0 Å². The molecule has 2 rings (SSSR count). The minimum Gasteiger partial charge on any atom is -0.379 e. The van der Waals surface area contributed by atoms with Gasteiger partial charge < -0.3 is 15.0 Å². The molecule has 3 atom stereocenters. The van der Waals surface area contributed by atoms with Crippen LogP contribution in [-0.4, -0.2) is 61.5 Å². The van der Waals surface area contributed by atoms with Crippen LogP contribution in [0, 0.1) is 5.92 Å².